The molecule has 1 aliphatic carbocycles. The molecular weight excluding hydrogens is 340 g/mol. The molecule has 25 heavy (non-hydrogen) atoms. The molecule has 1 fully saturated rings. The van der Waals surface area contributed by atoms with Gasteiger partial charge in [-0.3, -0.25) is 4.79 Å². The van der Waals surface area contributed by atoms with Crippen molar-refractivity contribution in [3.63, 3.8) is 0 Å². The third-order valence-corrected chi connectivity index (χ3v) is 5.65. The van der Waals surface area contributed by atoms with Crippen LogP contribution in [0.2, 0.25) is 0 Å². The van der Waals surface area contributed by atoms with Crippen molar-refractivity contribution in [2.75, 3.05) is 0 Å². The summed E-state index contributed by atoms with van der Waals surface area (Å²) in [6.07, 6.45) is 13.3. The largest absolute Gasteiger partial charge is 0.481 e. The first-order chi connectivity index (χ1) is 11.9. The van der Waals surface area contributed by atoms with Crippen molar-refractivity contribution < 1.29 is 20.1 Å². The van der Waals surface area contributed by atoms with Crippen molar-refractivity contribution in [1.29, 1.82) is 0 Å². The highest BCUT2D eigenvalue weighted by Gasteiger charge is 2.39. The first kappa shape index (κ1) is 22.5. The molecule has 4 nitrogen and oxygen atoms in total. The van der Waals surface area contributed by atoms with Crippen LogP contribution in [0.3, 0.4) is 0 Å². The summed E-state index contributed by atoms with van der Waals surface area (Å²) in [4.78, 5) is 10.5. The van der Waals surface area contributed by atoms with Gasteiger partial charge in [-0.25, -0.2) is 0 Å². The fourth-order valence-electron chi connectivity index (χ4n) is 3.70. The van der Waals surface area contributed by atoms with E-state index in [2.05, 4.69) is 12.2 Å². The Balaban J connectivity index is 2.28. The molecule has 0 bridgehead atoms. The van der Waals surface area contributed by atoms with Crippen LogP contribution >= 0.6 is 11.6 Å². The van der Waals surface area contributed by atoms with Gasteiger partial charge in [-0.1, -0.05) is 37.8 Å². The molecule has 3 N–H and O–H groups in total. The van der Waals surface area contributed by atoms with Crippen LogP contribution in [0.25, 0.3) is 0 Å². The lowest BCUT2D eigenvalue weighted by Crippen LogP contribution is -2.18. The number of rotatable bonds is 13. The van der Waals surface area contributed by atoms with Gasteiger partial charge >= 0.3 is 5.97 Å². The summed E-state index contributed by atoms with van der Waals surface area (Å²) in [5.41, 5.74) is 0. The molecule has 0 aromatic carbocycles. The van der Waals surface area contributed by atoms with Crippen molar-refractivity contribution in [2.24, 2.45) is 11.8 Å². The zero-order valence-corrected chi connectivity index (χ0v) is 16.2. The number of hydrogen-bond acceptors (Lipinski definition) is 3. The predicted octanol–water partition coefficient (Wildman–Crippen LogP) is 4.51. The first-order valence-corrected chi connectivity index (χ1v) is 10.2. The molecule has 1 saturated carbocycles. The number of alkyl halides is 1. The summed E-state index contributed by atoms with van der Waals surface area (Å²) in [7, 11) is 0. The van der Waals surface area contributed by atoms with Crippen LogP contribution in [0, 0.1) is 11.8 Å². The summed E-state index contributed by atoms with van der Waals surface area (Å²) in [6, 6.07) is 0. The lowest BCUT2D eigenvalue weighted by atomic mass is 9.89. The Hall–Kier alpha value is -0.580. The normalized spacial score (nSPS) is 27.8. The van der Waals surface area contributed by atoms with Crippen molar-refractivity contribution in [1.82, 2.24) is 0 Å². The number of unbranched alkanes of at least 4 members (excludes halogenated alkanes) is 5. The maximum absolute atomic E-state index is 10.5. The summed E-state index contributed by atoms with van der Waals surface area (Å²) in [5.74, 6) is -0.276. The molecule has 0 saturated heterocycles. The highest BCUT2D eigenvalue weighted by atomic mass is 35.5. The number of allylic oxidation sites excluding steroid dienone is 1. The number of carboxylic acid groups (broad SMARTS) is 1. The molecule has 146 valence electrons. The van der Waals surface area contributed by atoms with E-state index in [9.17, 15) is 15.0 Å². The van der Waals surface area contributed by atoms with E-state index in [0.717, 1.165) is 57.8 Å². The van der Waals surface area contributed by atoms with Gasteiger partial charge in [-0.2, -0.15) is 0 Å². The first-order valence-electron chi connectivity index (χ1n) is 9.80. The highest BCUT2D eigenvalue weighted by Crippen LogP contribution is 2.40. The van der Waals surface area contributed by atoms with Gasteiger partial charge < -0.3 is 15.3 Å². The molecule has 4 unspecified atom stereocenters. The van der Waals surface area contributed by atoms with Crippen LogP contribution in [0.15, 0.2) is 12.2 Å². The number of hydrogen-bond donors (Lipinski definition) is 3. The summed E-state index contributed by atoms with van der Waals surface area (Å²) >= 11 is 6.45. The minimum atomic E-state index is -0.724. The molecule has 1 aliphatic rings. The minimum absolute atomic E-state index is 0.0268. The van der Waals surface area contributed by atoms with Crippen molar-refractivity contribution in [3.05, 3.63) is 12.2 Å². The fourth-order valence-corrected chi connectivity index (χ4v) is 4.18. The number of carboxylic acids is 1. The molecule has 5 atom stereocenters. The Morgan fingerprint density at radius 1 is 1.20 bits per heavy atom. The summed E-state index contributed by atoms with van der Waals surface area (Å²) < 4.78 is 0. The second kappa shape index (κ2) is 12.7. The van der Waals surface area contributed by atoms with Crippen LogP contribution < -0.4 is 0 Å². The lowest BCUT2D eigenvalue weighted by molar-refractivity contribution is -0.137. The maximum Gasteiger partial charge on any atom is 0.303 e. The lowest BCUT2D eigenvalue weighted by Gasteiger charge is -2.20. The van der Waals surface area contributed by atoms with Gasteiger partial charge in [-0.15, -0.1) is 11.6 Å². The summed E-state index contributed by atoms with van der Waals surface area (Å²) in [6.45, 7) is 1.82. The zero-order valence-electron chi connectivity index (χ0n) is 15.4. The van der Waals surface area contributed by atoms with Gasteiger partial charge in [-0.05, 0) is 51.4 Å². The molecule has 0 spiro atoms. The molecule has 0 heterocycles. The van der Waals surface area contributed by atoms with E-state index in [1.54, 1.807) is 0 Å². The number of halogens is 1. The SMILES string of the molecule is CC(O)CCCC/C=C/C1C(O)CC(Cl)[C@@H]1CCCCCCC(=O)O. The molecule has 0 aromatic heterocycles. The molecular formula is C20H35ClO4. The zero-order chi connectivity index (χ0) is 18.7. The molecule has 0 amide bonds. The van der Waals surface area contributed by atoms with E-state index < -0.39 is 5.97 Å². The van der Waals surface area contributed by atoms with Gasteiger partial charge in [0.15, 0.2) is 0 Å². The van der Waals surface area contributed by atoms with E-state index in [-0.39, 0.29) is 29.9 Å². The van der Waals surface area contributed by atoms with E-state index in [1.807, 2.05) is 6.92 Å². The Bertz CT molecular complexity index is 397. The van der Waals surface area contributed by atoms with Crippen LogP contribution in [-0.4, -0.2) is 38.9 Å². The number of aliphatic carboxylic acids is 1. The average Bonchev–Trinajstić information content (AvgIpc) is 2.79. The van der Waals surface area contributed by atoms with E-state index >= 15 is 0 Å². The number of carbonyl (C=O) groups is 1. The van der Waals surface area contributed by atoms with Gasteiger partial charge in [0.1, 0.15) is 0 Å². The Kier molecular flexibility index (Phi) is 11.4. The number of aliphatic hydroxyl groups is 2. The van der Waals surface area contributed by atoms with Crippen LogP contribution in [0.4, 0.5) is 0 Å². The Morgan fingerprint density at radius 2 is 1.92 bits per heavy atom. The van der Waals surface area contributed by atoms with Crippen molar-refractivity contribution in [2.45, 2.75) is 95.1 Å². The smallest absolute Gasteiger partial charge is 0.303 e. The quantitative estimate of drug-likeness (QED) is 0.252. The minimum Gasteiger partial charge on any atom is -0.481 e. The third kappa shape index (κ3) is 9.62. The molecule has 0 aliphatic heterocycles. The van der Waals surface area contributed by atoms with Crippen LogP contribution in [0.1, 0.15) is 77.6 Å². The standard InChI is InChI=1S/C20H35ClO4/c1-15(22)10-6-2-3-8-12-17-16(18(21)14-19(17)23)11-7-4-5-9-13-20(24)25/h8,12,15-19,22-23H,2-7,9-11,13-14H2,1H3,(H,24,25)/b12-8+/t15?,16-,17?,18?,19?/m1/s1. The monoisotopic (exact) mass is 374 g/mol. The van der Waals surface area contributed by atoms with Crippen molar-refractivity contribution in [3.8, 4) is 0 Å². The maximum atomic E-state index is 10.5. The van der Waals surface area contributed by atoms with Crippen molar-refractivity contribution >= 4 is 17.6 Å². The van der Waals surface area contributed by atoms with Crippen LogP contribution in [0.5, 0.6) is 0 Å². The highest BCUT2D eigenvalue weighted by molar-refractivity contribution is 6.21. The molecule has 1 rings (SSSR count). The average molecular weight is 375 g/mol. The Labute approximate surface area is 157 Å². The molecule has 5 heteroatoms. The van der Waals surface area contributed by atoms with E-state index in [1.165, 1.54) is 0 Å². The number of aliphatic hydroxyl groups excluding tert-OH is 2. The fraction of sp³-hybridized carbons (Fsp3) is 0.850. The second-order valence-electron chi connectivity index (χ2n) is 7.47. The second-order valence-corrected chi connectivity index (χ2v) is 8.03. The van der Waals surface area contributed by atoms with Gasteiger partial charge in [0.25, 0.3) is 0 Å². The predicted molar refractivity (Wildman–Crippen MR) is 102 cm³/mol. The van der Waals surface area contributed by atoms with E-state index in [4.69, 9.17) is 16.7 Å². The van der Waals surface area contributed by atoms with E-state index in [0.29, 0.717) is 12.3 Å². The molecule has 0 aromatic rings. The van der Waals surface area contributed by atoms with Gasteiger partial charge in [0.2, 0.25) is 0 Å². The summed E-state index contributed by atoms with van der Waals surface area (Å²) in [5, 5.41) is 28.2. The topological polar surface area (TPSA) is 77.8 Å². The van der Waals surface area contributed by atoms with Gasteiger partial charge in [0.05, 0.1) is 12.2 Å². The molecule has 0 radical (unpaired) electrons. The third-order valence-electron chi connectivity index (χ3n) is 5.15. The van der Waals surface area contributed by atoms with Crippen LogP contribution in [-0.2, 0) is 4.79 Å². The van der Waals surface area contributed by atoms with Gasteiger partial charge in [0, 0.05) is 17.7 Å². The Morgan fingerprint density at radius 3 is 2.60 bits per heavy atom.